The third-order valence-electron chi connectivity index (χ3n) is 6.72. The summed E-state index contributed by atoms with van der Waals surface area (Å²) in [6, 6.07) is 11.9. The van der Waals surface area contributed by atoms with Crippen LogP contribution in [0.15, 0.2) is 47.4 Å². The summed E-state index contributed by atoms with van der Waals surface area (Å²) in [6.45, 7) is 9.27. The van der Waals surface area contributed by atoms with Crippen molar-refractivity contribution >= 4 is 15.7 Å². The van der Waals surface area contributed by atoms with Gasteiger partial charge in [-0.15, -0.1) is 0 Å². The van der Waals surface area contributed by atoms with Gasteiger partial charge in [-0.3, -0.25) is 14.6 Å². The molecule has 0 saturated carbocycles. The predicted molar refractivity (Wildman–Crippen MR) is 141 cm³/mol. The van der Waals surface area contributed by atoms with Gasteiger partial charge in [0.1, 0.15) is 24.5 Å². The van der Waals surface area contributed by atoms with Crippen molar-refractivity contribution in [2.24, 2.45) is 5.73 Å². The van der Waals surface area contributed by atoms with Gasteiger partial charge in [-0.1, -0.05) is 31.5 Å². The average Bonchev–Trinajstić information content (AvgIpc) is 2.84. The van der Waals surface area contributed by atoms with E-state index in [4.69, 9.17) is 10.5 Å². The smallest absolute Gasteiger partial charge is 0.239 e. The second-order valence-electron chi connectivity index (χ2n) is 9.56. The van der Waals surface area contributed by atoms with Gasteiger partial charge in [0.2, 0.25) is 5.91 Å². The number of unbranched alkanes of at least 4 members (excludes halogenated alkanes) is 1. The SMILES string of the molecule is CCCCS(=O)(=O)c1ccc(OCC(O)CN2CCN(C(C(N)=O)c3c(C)cccc3C)CC2)cc1. The molecule has 1 amide bonds. The van der Waals surface area contributed by atoms with Crippen LogP contribution in [0.1, 0.15) is 42.5 Å². The number of nitrogens with zero attached hydrogens (tertiary/aromatic N) is 2. The minimum atomic E-state index is -3.27. The molecule has 2 unspecified atom stereocenters. The van der Waals surface area contributed by atoms with E-state index in [0.717, 1.165) is 23.1 Å². The molecule has 1 fully saturated rings. The van der Waals surface area contributed by atoms with Gasteiger partial charge in [0.05, 0.1) is 10.6 Å². The number of hydrogen-bond donors (Lipinski definition) is 2. The molecular formula is C27H39N3O5S. The molecule has 3 rings (SSSR count). The van der Waals surface area contributed by atoms with E-state index in [1.54, 1.807) is 24.3 Å². The highest BCUT2D eigenvalue weighted by molar-refractivity contribution is 7.91. The van der Waals surface area contributed by atoms with Crippen molar-refractivity contribution in [1.29, 1.82) is 0 Å². The molecule has 1 aliphatic heterocycles. The molecule has 2 aromatic rings. The highest BCUT2D eigenvalue weighted by Crippen LogP contribution is 2.28. The number of aliphatic hydroxyl groups excluding tert-OH is 1. The van der Waals surface area contributed by atoms with Crippen LogP contribution in [-0.4, -0.2) is 80.4 Å². The van der Waals surface area contributed by atoms with Crippen LogP contribution in [0.25, 0.3) is 0 Å². The molecule has 0 bridgehead atoms. The number of nitrogens with two attached hydrogens (primary N) is 1. The lowest BCUT2D eigenvalue weighted by Gasteiger charge is -2.39. The van der Waals surface area contributed by atoms with Crippen molar-refractivity contribution in [2.75, 3.05) is 45.1 Å². The maximum atomic E-state index is 12.4. The van der Waals surface area contributed by atoms with Crippen LogP contribution >= 0.6 is 0 Å². The number of carbonyl (C=O) groups is 1. The summed E-state index contributed by atoms with van der Waals surface area (Å²) in [5.41, 5.74) is 8.91. The molecule has 8 nitrogen and oxygen atoms in total. The standard InChI is InChI=1S/C27H39N3O5S/c1-4-5-17-36(33,34)24-11-9-23(10-12-24)35-19-22(31)18-29-13-15-30(16-14-29)26(27(28)32)25-20(2)7-6-8-21(25)3/h6-12,22,26,31H,4-5,13-19H2,1-3H3,(H2,28,32). The van der Waals surface area contributed by atoms with Crippen molar-refractivity contribution in [3.63, 3.8) is 0 Å². The molecule has 1 aliphatic rings. The van der Waals surface area contributed by atoms with Gasteiger partial charge < -0.3 is 15.6 Å². The molecule has 36 heavy (non-hydrogen) atoms. The fourth-order valence-electron chi connectivity index (χ4n) is 4.71. The number of β-amino-alcohol motifs (C(OH)–C–C–N with tert-alkyl or cyclic N) is 1. The fraction of sp³-hybridized carbons (Fsp3) is 0.519. The summed E-state index contributed by atoms with van der Waals surface area (Å²) in [4.78, 5) is 16.9. The quantitative estimate of drug-likeness (QED) is 0.445. The number of primary amides is 1. The molecule has 1 saturated heterocycles. The largest absolute Gasteiger partial charge is 0.491 e. The zero-order valence-electron chi connectivity index (χ0n) is 21.5. The Balaban J connectivity index is 1.49. The molecule has 9 heteroatoms. The summed E-state index contributed by atoms with van der Waals surface area (Å²) >= 11 is 0. The maximum Gasteiger partial charge on any atom is 0.239 e. The van der Waals surface area contributed by atoms with Gasteiger partial charge >= 0.3 is 0 Å². The molecule has 198 valence electrons. The fourth-order valence-corrected chi connectivity index (χ4v) is 6.16. The van der Waals surface area contributed by atoms with Gasteiger partial charge in [-0.05, 0) is 61.2 Å². The van der Waals surface area contributed by atoms with E-state index < -0.39 is 22.0 Å². The first-order chi connectivity index (χ1) is 17.1. The number of benzene rings is 2. The number of carbonyl (C=O) groups excluding carboxylic acids is 1. The van der Waals surface area contributed by atoms with Crippen LogP contribution < -0.4 is 10.5 Å². The summed E-state index contributed by atoms with van der Waals surface area (Å²) in [5.74, 6) is 0.310. The van der Waals surface area contributed by atoms with Crippen LogP contribution in [0.2, 0.25) is 0 Å². The highest BCUT2D eigenvalue weighted by atomic mass is 32.2. The third kappa shape index (κ3) is 7.29. The normalized spacial score (nSPS) is 17.0. The third-order valence-corrected chi connectivity index (χ3v) is 8.53. The first-order valence-electron chi connectivity index (χ1n) is 12.6. The van der Waals surface area contributed by atoms with E-state index in [2.05, 4.69) is 9.80 Å². The molecule has 0 aliphatic carbocycles. The maximum absolute atomic E-state index is 12.4. The van der Waals surface area contributed by atoms with Gasteiger partial charge in [0.15, 0.2) is 9.84 Å². The summed E-state index contributed by atoms with van der Waals surface area (Å²) in [5, 5.41) is 10.5. The molecule has 2 atom stereocenters. The lowest BCUT2D eigenvalue weighted by atomic mass is 9.94. The minimum Gasteiger partial charge on any atom is -0.491 e. The number of piperazine rings is 1. The molecule has 0 radical (unpaired) electrons. The summed E-state index contributed by atoms with van der Waals surface area (Å²) in [6.07, 6.45) is 0.761. The second-order valence-corrected chi connectivity index (χ2v) is 11.7. The van der Waals surface area contributed by atoms with Crippen molar-refractivity contribution in [1.82, 2.24) is 9.80 Å². The Kier molecular flexibility index (Phi) is 9.90. The van der Waals surface area contributed by atoms with Crippen LogP contribution in [-0.2, 0) is 14.6 Å². The van der Waals surface area contributed by atoms with Gasteiger partial charge in [0.25, 0.3) is 0 Å². The van der Waals surface area contributed by atoms with E-state index >= 15 is 0 Å². The monoisotopic (exact) mass is 517 g/mol. The Labute approximate surface area is 215 Å². The van der Waals surface area contributed by atoms with Crippen molar-refractivity contribution in [3.05, 3.63) is 59.2 Å². The Bertz CT molecular complexity index is 1090. The lowest BCUT2D eigenvalue weighted by Crippen LogP contribution is -2.52. The number of aliphatic hydroxyl groups is 1. The molecule has 2 aromatic carbocycles. The van der Waals surface area contributed by atoms with E-state index in [1.165, 1.54) is 0 Å². The van der Waals surface area contributed by atoms with Crippen LogP contribution in [0.5, 0.6) is 5.75 Å². The van der Waals surface area contributed by atoms with Crippen molar-refractivity contribution in [3.8, 4) is 5.75 Å². The summed E-state index contributed by atoms with van der Waals surface area (Å²) in [7, 11) is -3.27. The van der Waals surface area contributed by atoms with E-state index in [-0.39, 0.29) is 23.2 Å². The second kappa shape index (κ2) is 12.7. The van der Waals surface area contributed by atoms with Gasteiger partial charge in [0, 0.05) is 32.7 Å². The van der Waals surface area contributed by atoms with Gasteiger partial charge in [-0.2, -0.15) is 0 Å². The minimum absolute atomic E-state index is 0.106. The van der Waals surface area contributed by atoms with Crippen molar-refractivity contribution in [2.45, 2.75) is 50.7 Å². The van der Waals surface area contributed by atoms with Crippen molar-refractivity contribution < 1.29 is 23.1 Å². The van der Waals surface area contributed by atoms with Crippen LogP contribution in [0.4, 0.5) is 0 Å². The van der Waals surface area contributed by atoms with Gasteiger partial charge in [-0.25, -0.2) is 8.42 Å². The molecule has 0 spiro atoms. The first kappa shape index (κ1) is 28.1. The zero-order valence-corrected chi connectivity index (χ0v) is 22.3. The molecule has 3 N–H and O–H groups in total. The average molecular weight is 518 g/mol. The molecule has 0 aromatic heterocycles. The van der Waals surface area contributed by atoms with E-state index in [0.29, 0.717) is 44.9 Å². The molecular weight excluding hydrogens is 478 g/mol. The number of rotatable bonds is 12. The van der Waals surface area contributed by atoms with Crippen LogP contribution in [0.3, 0.4) is 0 Å². The number of amides is 1. The Morgan fingerprint density at radius 2 is 1.67 bits per heavy atom. The number of ether oxygens (including phenoxy) is 1. The Morgan fingerprint density at radius 1 is 1.06 bits per heavy atom. The summed E-state index contributed by atoms with van der Waals surface area (Å²) < 4.78 is 30.3. The predicted octanol–water partition coefficient (Wildman–Crippen LogP) is 2.46. The highest BCUT2D eigenvalue weighted by Gasteiger charge is 2.31. The lowest BCUT2D eigenvalue weighted by molar-refractivity contribution is -0.124. The van der Waals surface area contributed by atoms with E-state index in [9.17, 15) is 18.3 Å². The first-order valence-corrected chi connectivity index (χ1v) is 14.2. The Morgan fingerprint density at radius 3 is 2.22 bits per heavy atom. The zero-order chi connectivity index (χ0) is 26.3. The van der Waals surface area contributed by atoms with Crippen LogP contribution in [0, 0.1) is 13.8 Å². The molecule has 1 heterocycles. The number of hydrogen-bond acceptors (Lipinski definition) is 7. The van der Waals surface area contributed by atoms with E-state index in [1.807, 2.05) is 39.0 Å². The Hall–Kier alpha value is -2.46. The topological polar surface area (TPSA) is 113 Å². The number of sulfone groups is 1. The number of aryl methyl sites for hydroxylation is 2.